The van der Waals surface area contributed by atoms with E-state index in [0.29, 0.717) is 32.6 Å². The molecule has 0 aliphatic heterocycles. The van der Waals surface area contributed by atoms with E-state index in [2.05, 4.69) is 52.0 Å². The Bertz CT molecular complexity index is 1060. The molecule has 8 nitrogen and oxygen atoms in total. The van der Waals surface area contributed by atoms with Crippen molar-refractivity contribution in [1.29, 1.82) is 0 Å². The van der Waals surface area contributed by atoms with Crippen molar-refractivity contribution in [2.24, 2.45) is 5.41 Å². The highest BCUT2D eigenvalue weighted by Crippen LogP contribution is 2.33. The maximum Gasteiger partial charge on any atom is 0.278 e. The summed E-state index contributed by atoms with van der Waals surface area (Å²) in [7, 11) is 0. The minimum absolute atomic E-state index is 0.0750. The second kappa shape index (κ2) is 7.46. The lowest BCUT2D eigenvalue weighted by Gasteiger charge is -2.18. The molecule has 9 heteroatoms. The van der Waals surface area contributed by atoms with E-state index in [4.69, 9.17) is 4.74 Å². The monoisotopic (exact) mass is 447 g/mol. The van der Waals surface area contributed by atoms with E-state index >= 15 is 0 Å². The van der Waals surface area contributed by atoms with Crippen LogP contribution >= 0.6 is 15.9 Å². The Balaban J connectivity index is 1.87. The van der Waals surface area contributed by atoms with Crippen LogP contribution < -0.4 is 4.74 Å². The maximum atomic E-state index is 11.3. The van der Waals surface area contributed by atoms with Crippen LogP contribution in [0.2, 0.25) is 0 Å². The summed E-state index contributed by atoms with van der Waals surface area (Å²) in [5.41, 5.74) is 3.35. The van der Waals surface area contributed by atoms with Gasteiger partial charge in [-0.05, 0) is 47.3 Å². The van der Waals surface area contributed by atoms with Crippen LogP contribution in [0.25, 0.3) is 11.0 Å². The van der Waals surface area contributed by atoms with Gasteiger partial charge < -0.3 is 4.74 Å². The second-order valence-electron chi connectivity index (χ2n) is 7.96. The zero-order valence-corrected chi connectivity index (χ0v) is 18.1. The highest BCUT2D eigenvalue weighted by Gasteiger charge is 2.20. The third-order valence-corrected chi connectivity index (χ3v) is 5.10. The Kier molecular flexibility index (Phi) is 5.38. The number of aromatic nitrogens is 4. The zero-order chi connectivity index (χ0) is 20.6. The molecule has 2 aromatic heterocycles. The number of ether oxygens (including phenoxy) is 1. The van der Waals surface area contributed by atoms with E-state index in [1.165, 1.54) is 6.20 Å². The molecule has 3 rings (SSSR count). The van der Waals surface area contributed by atoms with Gasteiger partial charge in [0.1, 0.15) is 17.9 Å². The van der Waals surface area contributed by atoms with Gasteiger partial charge in [0.05, 0.1) is 26.2 Å². The van der Waals surface area contributed by atoms with Gasteiger partial charge >= 0.3 is 0 Å². The number of pyridine rings is 1. The third-order valence-electron chi connectivity index (χ3n) is 4.34. The molecule has 2 heterocycles. The summed E-state index contributed by atoms with van der Waals surface area (Å²) in [6.45, 7) is 10.6. The molecule has 148 valence electrons. The average Bonchev–Trinajstić information content (AvgIpc) is 2.97. The second-order valence-corrected chi connectivity index (χ2v) is 8.75. The smallest absolute Gasteiger partial charge is 0.278 e. The van der Waals surface area contributed by atoms with Crippen LogP contribution in [0.1, 0.15) is 37.6 Å². The molecule has 0 N–H and O–H groups in total. The zero-order valence-electron chi connectivity index (χ0n) is 16.5. The molecule has 28 heavy (non-hydrogen) atoms. The first-order chi connectivity index (χ1) is 13.1. The van der Waals surface area contributed by atoms with E-state index in [9.17, 15) is 10.1 Å². The molecule has 0 unspecified atom stereocenters. The van der Waals surface area contributed by atoms with Crippen molar-refractivity contribution in [2.75, 3.05) is 0 Å². The minimum Gasteiger partial charge on any atom is -0.486 e. The van der Waals surface area contributed by atoms with Crippen molar-refractivity contribution < 1.29 is 9.66 Å². The van der Waals surface area contributed by atoms with Gasteiger partial charge in [0.25, 0.3) is 5.69 Å². The number of halogens is 1. The molecule has 0 spiro atoms. The molecule has 3 aromatic rings. The standard InChI is InChI=1S/C19H22BrN5O3/c1-11-8-21-13(12(2)18(11)25(26)27)9-28-15-7-6-14-17(16(15)20)22-23-24(14)10-19(3,4)5/h6-8H,9-10H2,1-5H3. The van der Waals surface area contributed by atoms with Gasteiger partial charge in [-0.3, -0.25) is 15.1 Å². The van der Waals surface area contributed by atoms with Gasteiger partial charge in [0.2, 0.25) is 0 Å². The summed E-state index contributed by atoms with van der Waals surface area (Å²) >= 11 is 3.55. The minimum atomic E-state index is -0.384. The van der Waals surface area contributed by atoms with Crippen molar-refractivity contribution in [3.05, 3.63) is 49.7 Å². The molecule has 1 aromatic carbocycles. The molecule has 0 aliphatic rings. The molecular weight excluding hydrogens is 426 g/mol. The Labute approximate surface area is 171 Å². The summed E-state index contributed by atoms with van der Waals surface area (Å²) < 4.78 is 8.46. The van der Waals surface area contributed by atoms with Crippen LogP contribution in [0.15, 0.2) is 22.8 Å². The van der Waals surface area contributed by atoms with Gasteiger partial charge in [-0.25, -0.2) is 4.68 Å². The van der Waals surface area contributed by atoms with Crippen molar-refractivity contribution in [3.63, 3.8) is 0 Å². The van der Waals surface area contributed by atoms with Crippen LogP contribution in [0.4, 0.5) is 5.69 Å². The predicted molar refractivity (Wildman–Crippen MR) is 109 cm³/mol. The molecule has 0 saturated carbocycles. The van der Waals surface area contributed by atoms with Crippen LogP contribution in [0.3, 0.4) is 0 Å². The first kappa shape index (κ1) is 20.2. The molecule has 0 atom stereocenters. The Morgan fingerprint density at radius 1 is 1.29 bits per heavy atom. The topological polar surface area (TPSA) is 96.0 Å². The maximum absolute atomic E-state index is 11.3. The molecule has 0 radical (unpaired) electrons. The summed E-state index contributed by atoms with van der Waals surface area (Å²) in [6, 6.07) is 3.76. The lowest BCUT2D eigenvalue weighted by atomic mass is 9.97. The SMILES string of the molecule is Cc1cnc(COc2ccc3c(nnn3CC(C)(C)C)c2Br)c(C)c1[N+](=O)[O-]. The number of aryl methyl sites for hydroxylation is 1. The van der Waals surface area contributed by atoms with E-state index in [1.54, 1.807) is 13.8 Å². The molecule has 0 bridgehead atoms. The van der Waals surface area contributed by atoms with Gasteiger partial charge in [-0.2, -0.15) is 0 Å². The number of nitro groups is 1. The Morgan fingerprint density at radius 2 is 2.00 bits per heavy atom. The molecule has 0 fully saturated rings. The fraction of sp³-hybridized carbons (Fsp3) is 0.421. The van der Waals surface area contributed by atoms with Gasteiger partial charge in [0, 0.05) is 18.3 Å². The van der Waals surface area contributed by atoms with Crippen molar-refractivity contribution in [3.8, 4) is 5.75 Å². The predicted octanol–water partition coefficient (Wildman–Crippen LogP) is 4.74. The number of benzene rings is 1. The number of fused-ring (bicyclic) bond motifs is 1. The van der Waals surface area contributed by atoms with E-state index in [-0.39, 0.29) is 22.6 Å². The van der Waals surface area contributed by atoms with Crippen LogP contribution in [-0.4, -0.2) is 24.9 Å². The Hall–Kier alpha value is -2.55. The number of hydrogen-bond acceptors (Lipinski definition) is 6. The van der Waals surface area contributed by atoms with E-state index < -0.39 is 0 Å². The van der Waals surface area contributed by atoms with Crippen LogP contribution in [0.5, 0.6) is 5.75 Å². The lowest BCUT2D eigenvalue weighted by Crippen LogP contribution is -2.16. The fourth-order valence-electron chi connectivity index (χ4n) is 3.00. The average molecular weight is 448 g/mol. The third kappa shape index (κ3) is 3.99. The van der Waals surface area contributed by atoms with Crippen LogP contribution in [0, 0.1) is 29.4 Å². The van der Waals surface area contributed by atoms with E-state index in [1.807, 2.05) is 16.8 Å². The lowest BCUT2D eigenvalue weighted by molar-refractivity contribution is -0.386. The number of hydrogen-bond donors (Lipinski definition) is 0. The molecule has 0 saturated heterocycles. The summed E-state index contributed by atoms with van der Waals surface area (Å²) in [5, 5.41) is 19.8. The van der Waals surface area contributed by atoms with Crippen molar-refractivity contribution in [1.82, 2.24) is 20.0 Å². The molecular formula is C19H22BrN5O3. The quantitative estimate of drug-likeness (QED) is 0.413. The summed E-state index contributed by atoms with van der Waals surface area (Å²) in [4.78, 5) is 15.2. The van der Waals surface area contributed by atoms with Gasteiger partial charge in [-0.15, -0.1) is 5.10 Å². The normalized spacial score (nSPS) is 11.8. The first-order valence-electron chi connectivity index (χ1n) is 8.82. The molecule has 0 amide bonds. The Morgan fingerprint density at radius 3 is 2.64 bits per heavy atom. The van der Waals surface area contributed by atoms with Crippen molar-refractivity contribution >= 4 is 32.7 Å². The van der Waals surface area contributed by atoms with Crippen molar-refractivity contribution in [2.45, 2.75) is 47.8 Å². The number of rotatable bonds is 5. The summed E-state index contributed by atoms with van der Waals surface area (Å²) in [5.74, 6) is 0.583. The molecule has 0 aliphatic carbocycles. The largest absolute Gasteiger partial charge is 0.486 e. The van der Waals surface area contributed by atoms with Gasteiger partial charge in [-0.1, -0.05) is 26.0 Å². The van der Waals surface area contributed by atoms with Gasteiger partial charge in [0.15, 0.2) is 0 Å². The first-order valence-corrected chi connectivity index (χ1v) is 9.62. The fourth-order valence-corrected chi connectivity index (χ4v) is 3.53. The highest BCUT2D eigenvalue weighted by molar-refractivity contribution is 9.10. The number of nitrogens with zero attached hydrogens (tertiary/aromatic N) is 5. The van der Waals surface area contributed by atoms with Crippen LogP contribution in [-0.2, 0) is 13.2 Å². The highest BCUT2D eigenvalue weighted by atomic mass is 79.9. The van der Waals surface area contributed by atoms with E-state index in [0.717, 1.165) is 12.1 Å². The summed E-state index contributed by atoms with van der Waals surface area (Å²) in [6.07, 6.45) is 1.50.